The predicted molar refractivity (Wildman–Crippen MR) is 76.9 cm³/mol. The van der Waals surface area contributed by atoms with Crippen LogP contribution < -0.4 is 5.32 Å². The van der Waals surface area contributed by atoms with E-state index in [2.05, 4.69) is 27.2 Å². The van der Waals surface area contributed by atoms with Crippen LogP contribution in [0, 0.1) is 6.92 Å². The second-order valence-electron chi connectivity index (χ2n) is 5.14. The molecule has 1 aliphatic heterocycles. The summed E-state index contributed by atoms with van der Waals surface area (Å²) in [5.41, 5.74) is 1.08. The second-order valence-corrected chi connectivity index (χ2v) is 5.14. The van der Waals surface area contributed by atoms with Crippen LogP contribution in [0.4, 0.5) is 5.95 Å². The van der Waals surface area contributed by atoms with E-state index in [4.69, 9.17) is 4.74 Å². The van der Waals surface area contributed by atoms with Crippen LogP contribution >= 0.6 is 0 Å². The standard InChI is InChI=1S/C14H22N4O2/c1-4-20-13(19)12-9-15-14(16-10(12)2)17-11-5-7-18(3)8-6-11/h9,11H,4-8H2,1-3H3,(H,15,16,17). The highest BCUT2D eigenvalue weighted by atomic mass is 16.5. The van der Waals surface area contributed by atoms with Crippen molar-refractivity contribution in [2.45, 2.75) is 32.7 Å². The van der Waals surface area contributed by atoms with Gasteiger partial charge in [0.1, 0.15) is 0 Å². The molecule has 0 amide bonds. The Bertz CT molecular complexity index is 470. The molecular formula is C14H22N4O2. The smallest absolute Gasteiger partial charge is 0.341 e. The van der Waals surface area contributed by atoms with Crippen LogP contribution in [0.25, 0.3) is 0 Å². The minimum atomic E-state index is -0.365. The van der Waals surface area contributed by atoms with Gasteiger partial charge in [0.05, 0.1) is 17.9 Å². The number of ether oxygens (including phenoxy) is 1. The molecule has 2 rings (SSSR count). The molecule has 1 N–H and O–H groups in total. The highest BCUT2D eigenvalue weighted by molar-refractivity contribution is 5.90. The number of aromatic nitrogens is 2. The lowest BCUT2D eigenvalue weighted by Gasteiger charge is -2.29. The van der Waals surface area contributed by atoms with Crippen LogP contribution in [-0.2, 0) is 4.74 Å². The number of likely N-dealkylation sites (tertiary alicyclic amines) is 1. The monoisotopic (exact) mass is 278 g/mol. The number of carbonyl (C=O) groups excluding carboxylic acids is 1. The molecule has 0 saturated carbocycles. The minimum Gasteiger partial charge on any atom is -0.462 e. The van der Waals surface area contributed by atoms with E-state index in [9.17, 15) is 4.79 Å². The molecular weight excluding hydrogens is 256 g/mol. The Morgan fingerprint density at radius 1 is 1.50 bits per heavy atom. The fourth-order valence-electron chi connectivity index (χ4n) is 2.28. The number of nitrogens with zero attached hydrogens (tertiary/aromatic N) is 3. The van der Waals surface area contributed by atoms with E-state index in [1.807, 2.05) is 0 Å². The topological polar surface area (TPSA) is 67.3 Å². The Balaban J connectivity index is 2.00. The van der Waals surface area contributed by atoms with Crippen LogP contribution in [0.3, 0.4) is 0 Å². The number of hydrogen-bond donors (Lipinski definition) is 1. The van der Waals surface area contributed by atoms with Gasteiger partial charge in [-0.25, -0.2) is 14.8 Å². The lowest BCUT2D eigenvalue weighted by Crippen LogP contribution is -2.37. The Morgan fingerprint density at radius 3 is 2.80 bits per heavy atom. The van der Waals surface area contributed by atoms with Crippen molar-refractivity contribution in [1.29, 1.82) is 0 Å². The first kappa shape index (κ1) is 14.7. The molecule has 0 aliphatic carbocycles. The van der Waals surface area contributed by atoms with Crippen molar-refractivity contribution < 1.29 is 9.53 Å². The lowest BCUT2D eigenvalue weighted by molar-refractivity contribution is 0.0524. The van der Waals surface area contributed by atoms with Crippen molar-refractivity contribution in [1.82, 2.24) is 14.9 Å². The van der Waals surface area contributed by atoms with Gasteiger partial charge >= 0.3 is 5.97 Å². The highest BCUT2D eigenvalue weighted by Crippen LogP contribution is 2.14. The van der Waals surface area contributed by atoms with Crippen molar-refractivity contribution in [3.05, 3.63) is 17.5 Å². The van der Waals surface area contributed by atoms with Crippen LogP contribution in [0.5, 0.6) is 0 Å². The maximum atomic E-state index is 11.7. The van der Waals surface area contributed by atoms with Gasteiger partial charge in [-0.3, -0.25) is 0 Å². The molecule has 1 aromatic rings. The molecule has 20 heavy (non-hydrogen) atoms. The number of piperidine rings is 1. The van der Waals surface area contributed by atoms with Gasteiger partial charge in [0, 0.05) is 12.2 Å². The molecule has 0 radical (unpaired) electrons. The van der Waals surface area contributed by atoms with Crippen molar-refractivity contribution in [3.8, 4) is 0 Å². The normalized spacial score (nSPS) is 16.9. The van der Waals surface area contributed by atoms with Crippen LogP contribution in [0.15, 0.2) is 6.20 Å². The average Bonchev–Trinajstić information content (AvgIpc) is 2.42. The summed E-state index contributed by atoms with van der Waals surface area (Å²) in [5, 5.41) is 3.34. The molecule has 0 unspecified atom stereocenters. The highest BCUT2D eigenvalue weighted by Gasteiger charge is 2.18. The summed E-state index contributed by atoms with van der Waals surface area (Å²) in [4.78, 5) is 22.6. The summed E-state index contributed by atoms with van der Waals surface area (Å²) in [6, 6.07) is 0.402. The third kappa shape index (κ3) is 3.66. The van der Waals surface area contributed by atoms with E-state index < -0.39 is 0 Å². The molecule has 0 aromatic carbocycles. The SMILES string of the molecule is CCOC(=O)c1cnc(NC2CCN(C)CC2)nc1C. The first-order valence-electron chi connectivity index (χ1n) is 7.06. The zero-order chi connectivity index (χ0) is 14.5. The zero-order valence-electron chi connectivity index (χ0n) is 12.3. The van der Waals surface area contributed by atoms with E-state index in [0.717, 1.165) is 25.9 Å². The Hall–Kier alpha value is -1.69. The largest absolute Gasteiger partial charge is 0.462 e. The summed E-state index contributed by atoms with van der Waals surface area (Å²) in [7, 11) is 2.13. The maximum Gasteiger partial charge on any atom is 0.341 e. The molecule has 1 saturated heterocycles. The van der Waals surface area contributed by atoms with Crippen molar-refractivity contribution in [2.75, 3.05) is 32.1 Å². The first-order valence-corrected chi connectivity index (χ1v) is 7.06. The molecule has 0 spiro atoms. The quantitative estimate of drug-likeness (QED) is 0.841. The number of aryl methyl sites for hydroxylation is 1. The number of nitrogens with one attached hydrogen (secondary N) is 1. The maximum absolute atomic E-state index is 11.7. The summed E-state index contributed by atoms with van der Waals surface area (Å²) >= 11 is 0. The Labute approximate surface area is 119 Å². The molecule has 1 fully saturated rings. The third-order valence-corrected chi connectivity index (χ3v) is 3.53. The number of anilines is 1. The van der Waals surface area contributed by atoms with Gasteiger partial charge in [-0.15, -0.1) is 0 Å². The summed E-state index contributed by atoms with van der Waals surface area (Å²) < 4.78 is 4.97. The summed E-state index contributed by atoms with van der Waals surface area (Å²) in [6.45, 7) is 6.10. The fourth-order valence-corrected chi connectivity index (χ4v) is 2.28. The van der Waals surface area contributed by atoms with Crippen molar-refractivity contribution in [3.63, 3.8) is 0 Å². The average molecular weight is 278 g/mol. The van der Waals surface area contributed by atoms with Crippen molar-refractivity contribution >= 4 is 11.9 Å². The summed E-state index contributed by atoms with van der Waals surface area (Å²) in [6.07, 6.45) is 3.70. The predicted octanol–water partition coefficient (Wildman–Crippen LogP) is 1.47. The van der Waals surface area contributed by atoms with Gasteiger partial charge in [-0.1, -0.05) is 0 Å². The van der Waals surface area contributed by atoms with Gasteiger partial charge in [-0.2, -0.15) is 0 Å². The molecule has 2 heterocycles. The second kappa shape index (κ2) is 6.65. The van der Waals surface area contributed by atoms with Crippen LogP contribution in [0.2, 0.25) is 0 Å². The van der Waals surface area contributed by atoms with Gasteiger partial charge in [0.25, 0.3) is 0 Å². The first-order chi connectivity index (χ1) is 9.60. The minimum absolute atomic E-state index is 0.355. The van der Waals surface area contributed by atoms with Gasteiger partial charge < -0.3 is 15.0 Å². The van der Waals surface area contributed by atoms with E-state index in [-0.39, 0.29) is 5.97 Å². The van der Waals surface area contributed by atoms with E-state index >= 15 is 0 Å². The molecule has 1 aliphatic rings. The number of esters is 1. The third-order valence-electron chi connectivity index (χ3n) is 3.53. The van der Waals surface area contributed by atoms with Crippen molar-refractivity contribution in [2.24, 2.45) is 0 Å². The van der Waals surface area contributed by atoms with Gasteiger partial charge in [-0.05, 0) is 46.8 Å². The number of rotatable bonds is 4. The fraction of sp³-hybridized carbons (Fsp3) is 0.643. The molecule has 0 atom stereocenters. The Kier molecular flexibility index (Phi) is 4.89. The summed E-state index contributed by atoms with van der Waals surface area (Å²) in [5.74, 6) is 0.223. The molecule has 0 bridgehead atoms. The van der Waals surface area contributed by atoms with E-state index in [1.165, 1.54) is 6.20 Å². The van der Waals surface area contributed by atoms with Gasteiger partial charge in [0.15, 0.2) is 0 Å². The molecule has 6 heteroatoms. The number of hydrogen-bond acceptors (Lipinski definition) is 6. The van der Waals surface area contributed by atoms with Crippen LogP contribution in [-0.4, -0.2) is 53.6 Å². The molecule has 1 aromatic heterocycles. The number of carbonyl (C=O) groups is 1. The Morgan fingerprint density at radius 2 is 2.20 bits per heavy atom. The molecule has 6 nitrogen and oxygen atoms in total. The van der Waals surface area contributed by atoms with E-state index in [1.54, 1.807) is 13.8 Å². The lowest BCUT2D eigenvalue weighted by atomic mass is 10.1. The van der Waals surface area contributed by atoms with Crippen LogP contribution in [0.1, 0.15) is 35.8 Å². The van der Waals surface area contributed by atoms with Gasteiger partial charge in [0.2, 0.25) is 5.95 Å². The molecule has 110 valence electrons. The van der Waals surface area contributed by atoms with E-state index in [0.29, 0.717) is 29.9 Å². The zero-order valence-corrected chi connectivity index (χ0v) is 12.3.